The van der Waals surface area contributed by atoms with Crippen molar-refractivity contribution in [2.24, 2.45) is 5.73 Å². The van der Waals surface area contributed by atoms with Crippen LogP contribution in [0, 0.1) is 6.92 Å². The maximum absolute atomic E-state index is 5.82. The van der Waals surface area contributed by atoms with Crippen LogP contribution in [0.15, 0.2) is 48.5 Å². The van der Waals surface area contributed by atoms with Crippen molar-refractivity contribution < 1.29 is 4.74 Å². The highest BCUT2D eigenvalue weighted by molar-refractivity contribution is 7.80. The lowest BCUT2D eigenvalue weighted by atomic mass is 10.1. The molecule has 0 aliphatic heterocycles. The van der Waals surface area contributed by atoms with Crippen LogP contribution in [0.5, 0.6) is 5.75 Å². The number of rotatable bonds is 5. The van der Waals surface area contributed by atoms with Crippen molar-refractivity contribution in [2.75, 3.05) is 6.61 Å². The lowest BCUT2D eigenvalue weighted by Gasteiger charge is -2.10. The molecule has 19 heavy (non-hydrogen) atoms. The number of ether oxygens (including phenoxy) is 1. The molecule has 2 aromatic carbocycles. The van der Waals surface area contributed by atoms with Crippen LogP contribution in [0.3, 0.4) is 0 Å². The maximum atomic E-state index is 5.82. The summed E-state index contributed by atoms with van der Waals surface area (Å²) < 4.78 is 5.82. The summed E-state index contributed by atoms with van der Waals surface area (Å²) in [6.45, 7) is 2.66. The van der Waals surface area contributed by atoms with Crippen molar-refractivity contribution in [1.29, 1.82) is 0 Å². The molecule has 0 bridgehead atoms. The Balaban J connectivity index is 1.99. The van der Waals surface area contributed by atoms with Crippen LogP contribution in [0.25, 0.3) is 0 Å². The van der Waals surface area contributed by atoms with Gasteiger partial charge in [-0.05, 0) is 24.1 Å². The van der Waals surface area contributed by atoms with Gasteiger partial charge in [0.05, 0.1) is 6.61 Å². The van der Waals surface area contributed by atoms with E-state index in [0.717, 1.165) is 23.3 Å². The number of benzene rings is 2. The molecule has 0 fully saturated rings. The van der Waals surface area contributed by atoms with Crippen molar-refractivity contribution in [1.82, 2.24) is 0 Å². The Labute approximate surface area is 119 Å². The summed E-state index contributed by atoms with van der Waals surface area (Å²) in [4.78, 5) is 0.396. The number of nitrogens with two attached hydrogens (primary N) is 1. The highest BCUT2D eigenvalue weighted by Gasteiger charge is 2.03. The number of aryl methyl sites for hydroxylation is 1. The number of hydrogen-bond donors (Lipinski definition) is 1. The largest absolute Gasteiger partial charge is 0.493 e. The van der Waals surface area contributed by atoms with Gasteiger partial charge in [0.2, 0.25) is 0 Å². The fourth-order valence-electron chi connectivity index (χ4n) is 1.83. The minimum Gasteiger partial charge on any atom is -0.493 e. The molecular weight excluding hydrogens is 254 g/mol. The fourth-order valence-corrected chi connectivity index (χ4v) is 1.96. The van der Waals surface area contributed by atoms with E-state index in [1.165, 1.54) is 5.56 Å². The average Bonchev–Trinajstić information content (AvgIpc) is 2.42. The van der Waals surface area contributed by atoms with Gasteiger partial charge in [-0.2, -0.15) is 0 Å². The molecule has 0 heterocycles. The lowest BCUT2D eigenvalue weighted by Crippen LogP contribution is -2.10. The Hall–Kier alpha value is -1.87. The third kappa shape index (κ3) is 3.80. The summed E-state index contributed by atoms with van der Waals surface area (Å²) in [5.41, 5.74) is 8.83. The first-order valence-corrected chi connectivity index (χ1v) is 6.65. The topological polar surface area (TPSA) is 35.2 Å². The smallest absolute Gasteiger partial charge is 0.122 e. The van der Waals surface area contributed by atoms with Crippen molar-refractivity contribution in [3.63, 3.8) is 0 Å². The second-order valence-corrected chi connectivity index (χ2v) is 4.87. The van der Waals surface area contributed by atoms with Crippen LogP contribution in [-0.4, -0.2) is 11.6 Å². The Morgan fingerprint density at radius 2 is 1.89 bits per heavy atom. The van der Waals surface area contributed by atoms with E-state index >= 15 is 0 Å². The molecule has 0 unspecified atom stereocenters. The van der Waals surface area contributed by atoms with Gasteiger partial charge in [-0.25, -0.2) is 0 Å². The zero-order valence-electron chi connectivity index (χ0n) is 10.9. The second kappa shape index (κ2) is 6.34. The molecular formula is C16H17NOS. The SMILES string of the molecule is Cc1ccc(C(N)=S)cc1OCCc1ccccc1. The molecule has 0 aromatic heterocycles. The third-order valence-electron chi connectivity index (χ3n) is 2.96. The molecule has 2 aromatic rings. The van der Waals surface area contributed by atoms with Crippen molar-refractivity contribution in [2.45, 2.75) is 13.3 Å². The summed E-state index contributed by atoms with van der Waals surface area (Å²) >= 11 is 4.98. The Kier molecular flexibility index (Phi) is 4.53. The molecule has 0 aliphatic carbocycles. The monoisotopic (exact) mass is 271 g/mol. The predicted octanol–water partition coefficient (Wildman–Crippen LogP) is 3.25. The van der Waals surface area contributed by atoms with Gasteiger partial charge in [0.25, 0.3) is 0 Å². The minimum absolute atomic E-state index is 0.396. The van der Waals surface area contributed by atoms with E-state index in [4.69, 9.17) is 22.7 Å². The van der Waals surface area contributed by atoms with Crippen LogP contribution >= 0.6 is 12.2 Å². The highest BCUT2D eigenvalue weighted by Crippen LogP contribution is 2.19. The van der Waals surface area contributed by atoms with Gasteiger partial charge < -0.3 is 10.5 Å². The van der Waals surface area contributed by atoms with E-state index in [0.29, 0.717) is 11.6 Å². The Morgan fingerprint density at radius 1 is 1.16 bits per heavy atom. The van der Waals surface area contributed by atoms with Crippen molar-refractivity contribution in [3.05, 3.63) is 65.2 Å². The fraction of sp³-hybridized carbons (Fsp3) is 0.188. The van der Waals surface area contributed by atoms with Gasteiger partial charge in [0.15, 0.2) is 0 Å². The molecule has 0 aliphatic rings. The van der Waals surface area contributed by atoms with Gasteiger partial charge in [-0.15, -0.1) is 0 Å². The normalized spacial score (nSPS) is 10.2. The minimum atomic E-state index is 0.396. The summed E-state index contributed by atoms with van der Waals surface area (Å²) in [7, 11) is 0. The molecule has 2 N–H and O–H groups in total. The van der Waals surface area contributed by atoms with Crippen LogP contribution < -0.4 is 10.5 Å². The van der Waals surface area contributed by atoms with E-state index in [9.17, 15) is 0 Å². The second-order valence-electron chi connectivity index (χ2n) is 4.43. The molecule has 0 amide bonds. The van der Waals surface area contributed by atoms with Crippen molar-refractivity contribution >= 4 is 17.2 Å². The van der Waals surface area contributed by atoms with Crippen LogP contribution in [0.1, 0.15) is 16.7 Å². The molecule has 3 heteroatoms. The van der Waals surface area contributed by atoms with E-state index < -0.39 is 0 Å². The first-order chi connectivity index (χ1) is 9.16. The van der Waals surface area contributed by atoms with Crippen LogP contribution in [-0.2, 0) is 6.42 Å². The molecule has 2 rings (SSSR count). The van der Waals surface area contributed by atoms with Gasteiger partial charge in [-0.1, -0.05) is 54.7 Å². The van der Waals surface area contributed by atoms with Crippen LogP contribution in [0.2, 0.25) is 0 Å². The number of thiocarbonyl (C=S) groups is 1. The van der Waals surface area contributed by atoms with Gasteiger partial charge in [-0.3, -0.25) is 0 Å². The summed E-state index contributed by atoms with van der Waals surface area (Å²) in [5, 5.41) is 0. The van der Waals surface area contributed by atoms with Gasteiger partial charge >= 0.3 is 0 Å². The van der Waals surface area contributed by atoms with E-state index in [-0.39, 0.29) is 0 Å². The van der Waals surface area contributed by atoms with Crippen molar-refractivity contribution in [3.8, 4) is 5.75 Å². The first-order valence-electron chi connectivity index (χ1n) is 6.24. The molecule has 0 atom stereocenters. The molecule has 0 radical (unpaired) electrons. The van der Waals surface area contributed by atoms with Gasteiger partial charge in [0.1, 0.15) is 10.7 Å². The zero-order chi connectivity index (χ0) is 13.7. The number of hydrogen-bond acceptors (Lipinski definition) is 2. The van der Waals surface area contributed by atoms with E-state index in [1.807, 2.05) is 43.3 Å². The third-order valence-corrected chi connectivity index (χ3v) is 3.20. The summed E-state index contributed by atoms with van der Waals surface area (Å²) in [6, 6.07) is 16.1. The summed E-state index contributed by atoms with van der Waals surface area (Å²) in [6.07, 6.45) is 0.886. The zero-order valence-corrected chi connectivity index (χ0v) is 11.7. The molecule has 0 saturated carbocycles. The standard InChI is InChI=1S/C16H17NOS/c1-12-7-8-14(16(17)19)11-15(12)18-10-9-13-5-3-2-4-6-13/h2-8,11H,9-10H2,1H3,(H2,17,19). The predicted molar refractivity (Wildman–Crippen MR) is 82.7 cm³/mol. The van der Waals surface area contributed by atoms with Crippen LogP contribution in [0.4, 0.5) is 0 Å². The molecule has 98 valence electrons. The quantitative estimate of drug-likeness (QED) is 0.848. The Bertz CT molecular complexity index is 566. The lowest BCUT2D eigenvalue weighted by molar-refractivity contribution is 0.320. The molecule has 0 spiro atoms. The van der Waals surface area contributed by atoms with E-state index in [1.54, 1.807) is 0 Å². The molecule has 2 nitrogen and oxygen atoms in total. The van der Waals surface area contributed by atoms with Gasteiger partial charge in [0, 0.05) is 12.0 Å². The van der Waals surface area contributed by atoms with E-state index in [2.05, 4.69) is 12.1 Å². The first kappa shape index (κ1) is 13.6. The summed E-state index contributed by atoms with van der Waals surface area (Å²) in [5.74, 6) is 0.848. The average molecular weight is 271 g/mol. The maximum Gasteiger partial charge on any atom is 0.122 e. The highest BCUT2D eigenvalue weighted by atomic mass is 32.1. The Morgan fingerprint density at radius 3 is 2.58 bits per heavy atom. The molecule has 0 saturated heterocycles.